The van der Waals surface area contributed by atoms with E-state index in [0.717, 1.165) is 71.2 Å². The van der Waals surface area contributed by atoms with Crippen LogP contribution < -0.4 is 19.9 Å². The zero-order valence-corrected chi connectivity index (χ0v) is 28.4. The number of piperidine rings is 1. The molecule has 0 atom stereocenters. The number of hydrogen-bond acceptors (Lipinski definition) is 8. The molecule has 10 nitrogen and oxygen atoms in total. The van der Waals surface area contributed by atoms with Crippen LogP contribution in [-0.4, -0.2) is 77.8 Å². The number of amides is 2. The van der Waals surface area contributed by atoms with Crippen molar-refractivity contribution in [1.82, 2.24) is 20.2 Å². The largest absolute Gasteiger partial charge is 0.450 e. The predicted octanol–water partition coefficient (Wildman–Crippen LogP) is 6.40. The van der Waals surface area contributed by atoms with Gasteiger partial charge in [0.1, 0.15) is 17.7 Å². The summed E-state index contributed by atoms with van der Waals surface area (Å²) in [6, 6.07) is 4.46. The smallest absolute Gasteiger partial charge is 0.407 e. The molecule has 1 aliphatic carbocycles. The molecule has 0 radical (unpaired) electrons. The Hall–Kier alpha value is -3.47. The molecule has 252 valence electrons. The molecule has 0 unspecified atom stereocenters. The fourth-order valence-corrected chi connectivity index (χ4v) is 7.05. The maximum atomic E-state index is 14.3. The highest BCUT2D eigenvalue weighted by atomic mass is 19.1. The van der Waals surface area contributed by atoms with E-state index in [9.17, 15) is 14.0 Å². The number of likely N-dealkylation sites (tertiary alicyclic amines) is 1. The highest BCUT2D eigenvalue weighted by Gasteiger charge is 2.46. The Kier molecular flexibility index (Phi) is 10.4. The van der Waals surface area contributed by atoms with E-state index in [2.05, 4.69) is 25.1 Å². The van der Waals surface area contributed by atoms with E-state index in [1.807, 2.05) is 41.5 Å². The lowest BCUT2D eigenvalue weighted by atomic mass is 9.71. The van der Waals surface area contributed by atoms with Crippen LogP contribution in [0.15, 0.2) is 30.7 Å². The van der Waals surface area contributed by atoms with Gasteiger partial charge in [-0.3, -0.25) is 4.79 Å². The Morgan fingerprint density at radius 3 is 2.43 bits per heavy atom. The molecular formula is C35H51FN6O4. The van der Waals surface area contributed by atoms with Crippen LogP contribution in [0.1, 0.15) is 80.1 Å². The minimum Gasteiger partial charge on any atom is -0.450 e. The van der Waals surface area contributed by atoms with Gasteiger partial charge in [-0.2, -0.15) is 0 Å². The minimum absolute atomic E-state index is 0.0959. The lowest BCUT2D eigenvalue weighted by Crippen LogP contribution is -2.61. The number of carbonyl (C=O) groups excluding carboxylic acids is 2. The van der Waals surface area contributed by atoms with Gasteiger partial charge in [0, 0.05) is 49.6 Å². The second-order valence-corrected chi connectivity index (χ2v) is 14.7. The average molecular weight is 639 g/mol. The van der Waals surface area contributed by atoms with Crippen LogP contribution >= 0.6 is 0 Å². The predicted molar refractivity (Wildman–Crippen MR) is 177 cm³/mol. The summed E-state index contributed by atoms with van der Waals surface area (Å²) in [6.45, 7) is 16.7. The molecule has 3 heterocycles. The first-order valence-electron chi connectivity index (χ1n) is 16.9. The fraction of sp³-hybridized carbons (Fsp3) is 0.657. The van der Waals surface area contributed by atoms with Crippen LogP contribution in [0.25, 0.3) is 0 Å². The van der Waals surface area contributed by atoms with Crippen molar-refractivity contribution in [1.29, 1.82) is 0 Å². The van der Waals surface area contributed by atoms with Gasteiger partial charge in [0.05, 0.1) is 11.9 Å². The molecule has 1 N–H and O–H groups in total. The van der Waals surface area contributed by atoms with Crippen LogP contribution in [0.3, 0.4) is 0 Å². The summed E-state index contributed by atoms with van der Waals surface area (Å²) in [4.78, 5) is 40.3. The third-order valence-corrected chi connectivity index (χ3v) is 9.52. The number of nitrogens with one attached hydrogen (secondary N) is 1. The standard InChI is InChI=1S/C35H51FN6O4/c1-7-42(32(43)24(2)3)28-18-26(36)10-13-29(28)45-30-19-37-23-38-31(30)41-21-35(22-41)14-16-40(17-15-35)20-25-8-11-27(12-9-25)39-33(44)46-34(4,5)6/h10,13,18-19,23-25,27H,7-9,11-12,14-17,20-22H2,1-6H3,(H,39,44). The Morgan fingerprint density at radius 2 is 1.80 bits per heavy atom. The van der Waals surface area contributed by atoms with E-state index in [4.69, 9.17) is 9.47 Å². The number of alkyl carbamates (subject to hydrolysis) is 1. The Bertz CT molecular complexity index is 1360. The summed E-state index contributed by atoms with van der Waals surface area (Å²) in [5.41, 5.74) is 0.184. The molecule has 1 aromatic carbocycles. The molecule has 46 heavy (non-hydrogen) atoms. The summed E-state index contributed by atoms with van der Waals surface area (Å²) in [5, 5.41) is 3.05. The van der Waals surface area contributed by atoms with E-state index in [1.54, 1.807) is 17.2 Å². The van der Waals surface area contributed by atoms with Gasteiger partial charge in [0.25, 0.3) is 0 Å². The van der Waals surface area contributed by atoms with Crippen molar-refractivity contribution in [3.63, 3.8) is 0 Å². The molecule has 3 aliphatic rings. The lowest BCUT2D eigenvalue weighted by molar-refractivity contribution is -0.121. The summed E-state index contributed by atoms with van der Waals surface area (Å²) < 4.78 is 26.1. The van der Waals surface area contributed by atoms with Gasteiger partial charge in [-0.1, -0.05) is 13.8 Å². The van der Waals surface area contributed by atoms with E-state index in [-0.39, 0.29) is 29.4 Å². The summed E-state index contributed by atoms with van der Waals surface area (Å²) in [6.07, 6.45) is 9.41. The van der Waals surface area contributed by atoms with Crippen LogP contribution in [0.2, 0.25) is 0 Å². The zero-order valence-electron chi connectivity index (χ0n) is 28.4. The number of benzene rings is 1. The quantitative estimate of drug-likeness (QED) is 0.337. The molecule has 2 saturated heterocycles. The average Bonchev–Trinajstić information content (AvgIpc) is 2.98. The topological polar surface area (TPSA) is 100 Å². The first-order valence-corrected chi connectivity index (χ1v) is 16.9. The van der Waals surface area contributed by atoms with Crippen molar-refractivity contribution >= 4 is 23.5 Å². The van der Waals surface area contributed by atoms with E-state index < -0.39 is 11.4 Å². The SMILES string of the molecule is CCN(C(=O)C(C)C)c1cc(F)ccc1Oc1cncnc1N1CC2(CCN(CC3CCC(NC(=O)OC(C)(C)C)CC3)CC2)C1. The number of nitrogens with zero attached hydrogens (tertiary/aromatic N) is 5. The molecule has 11 heteroatoms. The van der Waals surface area contributed by atoms with E-state index in [1.165, 1.54) is 18.5 Å². The van der Waals surface area contributed by atoms with Crippen molar-refractivity contribution in [3.8, 4) is 11.5 Å². The van der Waals surface area contributed by atoms with Gasteiger partial charge < -0.3 is 29.5 Å². The highest BCUT2D eigenvalue weighted by molar-refractivity contribution is 5.96. The van der Waals surface area contributed by atoms with Gasteiger partial charge in [-0.15, -0.1) is 0 Å². The highest BCUT2D eigenvalue weighted by Crippen LogP contribution is 2.45. The lowest BCUT2D eigenvalue weighted by Gasteiger charge is -2.54. The van der Waals surface area contributed by atoms with Gasteiger partial charge in [0.15, 0.2) is 17.3 Å². The number of halogens is 1. The number of anilines is 2. The van der Waals surface area contributed by atoms with Crippen molar-refractivity contribution in [2.45, 2.75) is 91.7 Å². The number of carbonyl (C=O) groups is 2. The second kappa shape index (κ2) is 14.1. The minimum atomic E-state index is -0.476. The molecule has 3 fully saturated rings. The maximum Gasteiger partial charge on any atom is 0.407 e. The zero-order chi connectivity index (χ0) is 33.1. The molecule has 2 aromatic rings. The molecule has 1 spiro atoms. The fourth-order valence-electron chi connectivity index (χ4n) is 7.05. The van der Waals surface area contributed by atoms with Crippen LogP contribution in [0.4, 0.5) is 20.7 Å². The number of rotatable bonds is 9. The summed E-state index contributed by atoms with van der Waals surface area (Å²) in [7, 11) is 0. The van der Waals surface area contributed by atoms with Gasteiger partial charge in [-0.05, 0) is 97.4 Å². The van der Waals surface area contributed by atoms with Gasteiger partial charge >= 0.3 is 6.09 Å². The number of ether oxygens (including phenoxy) is 2. The molecule has 2 aliphatic heterocycles. The normalized spacial score (nSPS) is 21.5. The number of aromatic nitrogens is 2. The first kappa shape index (κ1) is 33.9. The Balaban J connectivity index is 1.13. The second-order valence-electron chi connectivity index (χ2n) is 14.7. The third-order valence-electron chi connectivity index (χ3n) is 9.52. The van der Waals surface area contributed by atoms with E-state index >= 15 is 0 Å². The maximum absolute atomic E-state index is 14.3. The monoisotopic (exact) mass is 638 g/mol. The first-order chi connectivity index (χ1) is 21.8. The molecule has 1 aromatic heterocycles. The van der Waals surface area contributed by atoms with Crippen molar-refractivity contribution in [3.05, 3.63) is 36.5 Å². The van der Waals surface area contributed by atoms with Crippen molar-refractivity contribution < 1.29 is 23.5 Å². The van der Waals surface area contributed by atoms with Gasteiger partial charge in [0.2, 0.25) is 5.91 Å². The van der Waals surface area contributed by atoms with Crippen LogP contribution in [0, 0.1) is 23.1 Å². The van der Waals surface area contributed by atoms with Crippen molar-refractivity contribution in [2.24, 2.45) is 17.3 Å². The summed E-state index contributed by atoms with van der Waals surface area (Å²) >= 11 is 0. The molecular weight excluding hydrogens is 587 g/mol. The van der Waals surface area contributed by atoms with Crippen LogP contribution in [-0.2, 0) is 9.53 Å². The molecule has 1 saturated carbocycles. The Labute approximate surface area is 273 Å². The van der Waals surface area contributed by atoms with Crippen molar-refractivity contribution in [2.75, 3.05) is 49.1 Å². The third kappa shape index (κ3) is 8.27. The number of hydrogen-bond donors (Lipinski definition) is 1. The Morgan fingerprint density at radius 1 is 1.11 bits per heavy atom. The molecule has 5 rings (SSSR count). The van der Waals surface area contributed by atoms with Gasteiger partial charge in [-0.25, -0.2) is 19.2 Å². The summed E-state index contributed by atoms with van der Waals surface area (Å²) in [5.74, 6) is 1.51. The molecule has 0 bridgehead atoms. The van der Waals surface area contributed by atoms with Crippen LogP contribution in [0.5, 0.6) is 11.5 Å². The molecule has 2 amide bonds. The van der Waals surface area contributed by atoms with E-state index in [0.29, 0.717) is 35.5 Å².